The van der Waals surface area contributed by atoms with E-state index in [4.69, 9.17) is 5.73 Å². The van der Waals surface area contributed by atoms with Crippen LogP contribution in [0.5, 0.6) is 0 Å². The maximum atomic E-state index is 11.9. The highest BCUT2D eigenvalue weighted by molar-refractivity contribution is 6.04. The second-order valence-corrected chi connectivity index (χ2v) is 4.40. The SMILES string of the molecule is CC(C)CNC(=O)c1ccccc1NC(=O)CN.Cl. The third kappa shape index (κ3) is 5.72. The Bertz CT molecular complexity index is 436. The molecule has 0 aliphatic heterocycles. The van der Waals surface area contributed by atoms with E-state index in [-0.39, 0.29) is 30.8 Å². The van der Waals surface area contributed by atoms with Crippen molar-refractivity contribution in [1.82, 2.24) is 5.32 Å². The summed E-state index contributed by atoms with van der Waals surface area (Å²) in [4.78, 5) is 23.2. The number of carbonyl (C=O) groups excluding carboxylic acids is 2. The van der Waals surface area contributed by atoms with E-state index in [9.17, 15) is 9.59 Å². The maximum Gasteiger partial charge on any atom is 0.253 e. The smallest absolute Gasteiger partial charge is 0.253 e. The van der Waals surface area contributed by atoms with E-state index in [1.807, 2.05) is 13.8 Å². The molecule has 0 fully saturated rings. The number of hydrogen-bond donors (Lipinski definition) is 3. The van der Waals surface area contributed by atoms with Gasteiger partial charge in [-0.25, -0.2) is 0 Å². The first-order chi connectivity index (χ1) is 8.54. The zero-order valence-corrected chi connectivity index (χ0v) is 11.9. The molecule has 0 heterocycles. The zero-order chi connectivity index (χ0) is 13.5. The van der Waals surface area contributed by atoms with Gasteiger partial charge in [-0.1, -0.05) is 26.0 Å². The van der Waals surface area contributed by atoms with Crippen LogP contribution in [0.2, 0.25) is 0 Å². The Morgan fingerprint density at radius 1 is 1.26 bits per heavy atom. The number of nitrogens with two attached hydrogens (primary N) is 1. The van der Waals surface area contributed by atoms with Gasteiger partial charge in [-0.2, -0.15) is 0 Å². The van der Waals surface area contributed by atoms with Gasteiger partial charge in [0.1, 0.15) is 0 Å². The Hall–Kier alpha value is -1.59. The van der Waals surface area contributed by atoms with Crippen molar-refractivity contribution in [3.05, 3.63) is 29.8 Å². The van der Waals surface area contributed by atoms with E-state index in [1.54, 1.807) is 24.3 Å². The molecular weight excluding hydrogens is 266 g/mol. The molecule has 2 amide bonds. The monoisotopic (exact) mass is 285 g/mol. The van der Waals surface area contributed by atoms with Crippen molar-refractivity contribution >= 4 is 29.9 Å². The molecule has 1 rings (SSSR count). The highest BCUT2D eigenvalue weighted by Gasteiger charge is 2.12. The topological polar surface area (TPSA) is 84.2 Å². The number of hydrogen-bond acceptors (Lipinski definition) is 3. The van der Waals surface area contributed by atoms with Crippen LogP contribution in [0.25, 0.3) is 0 Å². The van der Waals surface area contributed by atoms with E-state index in [0.29, 0.717) is 23.7 Å². The van der Waals surface area contributed by atoms with Crippen molar-refractivity contribution in [3.63, 3.8) is 0 Å². The minimum atomic E-state index is -0.320. The molecule has 0 radical (unpaired) electrons. The normalized spacial score (nSPS) is 9.68. The molecule has 1 aromatic rings. The highest BCUT2D eigenvalue weighted by Crippen LogP contribution is 2.14. The van der Waals surface area contributed by atoms with E-state index in [2.05, 4.69) is 10.6 Å². The highest BCUT2D eigenvalue weighted by atomic mass is 35.5. The molecule has 0 saturated carbocycles. The fourth-order valence-electron chi connectivity index (χ4n) is 1.38. The van der Waals surface area contributed by atoms with E-state index in [1.165, 1.54) is 0 Å². The van der Waals surface area contributed by atoms with Gasteiger partial charge in [0.15, 0.2) is 0 Å². The van der Waals surface area contributed by atoms with Crippen LogP contribution in [0.3, 0.4) is 0 Å². The molecule has 6 heteroatoms. The summed E-state index contributed by atoms with van der Waals surface area (Å²) in [6.45, 7) is 4.52. The van der Waals surface area contributed by atoms with Crippen molar-refractivity contribution in [2.45, 2.75) is 13.8 Å². The summed E-state index contributed by atoms with van der Waals surface area (Å²) in [6, 6.07) is 6.85. The molecular formula is C13H20ClN3O2. The number of amides is 2. The Morgan fingerprint density at radius 2 is 1.89 bits per heavy atom. The van der Waals surface area contributed by atoms with Crippen LogP contribution >= 0.6 is 12.4 Å². The van der Waals surface area contributed by atoms with Gasteiger partial charge in [-0.3, -0.25) is 9.59 Å². The van der Waals surface area contributed by atoms with Crippen molar-refractivity contribution in [2.24, 2.45) is 11.7 Å². The van der Waals surface area contributed by atoms with Gasteiger partial charge in [0.05, 0.1) is 17.8 Å². The lowest BCUT2D eigenvalue weighted by molar-refractivity contribution is -0.114. The van der Waals surface area contributed by atoms with Crippen LogP contribution in [0.1, 0.15) is 24.2 Å². The lowest BCUT2D eigenvalue weighted by Gasteiger charge is -2.12. The summed E-state index contributed by atoms with van der Waals surface area (Å²) in [5.41, 5.74) is 6.16. The number of halogens is 1. The summed E-state index contributed by atoms with van der Waals surface area (Å²) in [6.07, 6.45) is 0. The minimum absolute atomic E-state index is 0. The van der Waals surface area contributed by atoms with Crippen LogP contribution in [-0.2, 0) is 4.79 Å². The fraction of sp³-hybridized carbons (Fsp3) is 0.385. The summed E-state index contributed by atoms with van der Waals surface area (Å²) in [7, 11) is 0. The number of benzene rings is 1. The first-order valence-electron chi connectivity index (χ1n) is 5.91. The van der Waals surface area contributed by atoms with E-state index in [0.717, 1.165) is 0 Å². The van der Waals surface area contributed by atoms with Gasteiger partial charge in [-0.15, -0.1) is 12.4 Å². The molecule has 0 aliphatic rings. The largest absolute Gasteiger partial charge is 0.352 e. The van der Waals surface area contributed by atoms with Crippen LogP contribution in [-0.4, -0.2) is 24.9 Å². The second-order valence-electron chi connectivity index (χ2n) is 4.40. The summed E-state index contributed by atoms with van der Waals surface area (Å²) in [5.74, 6) is -0.143. The van der Waals surface area contributed by atoms with Gasteiger partial charge in [0, 0.05) is 6.54 Å². The Morgan fingerprint density at radius 3 is 2.47 bits per heavy atom. The third-order valence-corrected chi connectivity index (χ3v) is 2.30. The molecule has 0 atom stereocenters. The second kappa shape index (κ2) is 8.50. The van der Waals surface area contributed by atoms with Gasteiger partial charge >= 0.3 is 0 Å². The summed E-state index contributed by atoms with van der Waals surface area (Å²) >= 11 is 0. The third-order valence-electron chi connectivity index (χ3n) is 2.30. The average Bonchev–Trinajstić information content (AvgIpc) is 2.36. The lowest BCUT2D eigenvalue weighted by Crippen LogP contribution is -2.29. The Kier molecular flexibility index (Phi) is 7.79. The van der Waals surface area contributed by atoms with Crippen LogP contribution < -0.4 is 16.4 Å². The van der Waals surface area contributed by atoms with Gasteiger partial charge in [0.2, 0.25) is 5.91 Å². The van der Waals surface area contributed by atoms with Gasteiger partial charge < -0.3 is 16.4 Å². The Balaban J connectivity index is 0.00000324. The molecule has 0 unspecified atom stereocenters. The predicted octanol–water partition coefficient (Wildman–Crippen LogP) is 1.39. The van der Waals surface area contributed by atoms with E-state index >= 15 is 0 Å². The molecule has 1 aromatic carbocycles. The molecule has 5 nitrogen and oxygen atoms in total. The van der Waals surface area contributed by atoms with Crippen molar-refractivity contribution in [3.8, 4) is 0 Å². The molecule has 0 bridgehead atoms. The van der Waals surface area contributed by atoms with Crippen molar-refractivity contribution < 1.29 is 9.59 Å². The zero-order valence-electron chi connectivity index (χ0n) is 11.1. The molecule has 0 spiro atoms. The van der Waals surface area contributed by atoms with Gasteiger partial charge in [0.25, 0.3) is 5.91 Å². The van der Waals surface area contributed by atoms with Crippen LogP contribution in [0.15, 0.2) is 24.3 Å². The molecule has 106 valence electrons. The van der Waals surface area contributed by atoms with Crippen molar-refractivity contribution in [2.75, 3.05) is 18.4 Å². The first-order valence-corrected chi connectivity index (χ1v) is 5.91. The number of carbonyl (C=O) groups is 2. The maximum absolute atomic E-state index is 11.9. The molecule has 4 N–H and O–H groups in total. The van der Waals surface area contributed by atoms with Gasteiger partial charge in [-0.05, 0) is 18.1 Å². The number of nitrogens with one attached hydrogen (secondary N) is 2. The van der Waals surface area contributed by atoms with Crippen LogP contribution in [0, 0.1) is 5.92 Å². The number of anilines is 1. The van der Waals surface area contributed by atoms with E-state index < -0.39 is 0 Å². The predicted molar refractivity (Wildman–Crippen MR) is 78.5 cm³/mol. The molecule has 0 saturated heterocycles. The van der Waals surface area contributed by atoms with Crippen molar-refractivity contribution in [1.29, 1.82) is 0 Å². The number of para-hydroxylation sites is 1. The standard InChI is InChI=1S/C13H19N3O2.ClH/c1-9(2)8-15-13(18)10-5-3-4-6-11(10)16-12(17)7-14;/h3-6,9H,7-8,14H2,1-2H3,(H,15,18)(H,16,17);1H. The average molecular weight is 286 g/mol. The molecule has 19 heavy (non-hydrogen) atoms. The lowest BCUT2D eigenvalue weighted by atomic mass is 10.1. The quantitative estimate of drug-likeness (QED) is 0.764. The fourth-order valence-corrected chi connectivity index (χ4v) is 1.38. The first kappa shape index (κ1) is 17.4. The summed E-state index contributed by atoms with van der Waals surface area (Å²) < 4.78 is 0. The molecule has 0 aliphatic carbocycles. The minimum Gasteiger partial charge on any atom is -0.352 e. The van der Waals surface area contributed by atoms with Crippen LogP contribution in [0.4, 0.5) is 5.69 Å². The molecule has 0 aromatic heterocycles. The summed E-state index contributed by atoms with van der Waals surface area (Å²) in [5, 5.41) is 5.41. The Labute approximate surface area is 119 Å². The number of rotatable bonds is 5.